The highest BCUT2D eigenvalue weighted by molar-refractivity contribution is 7.26. The number of anilines is 3. The Bertz CT molecular complexity index is 3890. The normalized spacial score (nSPS) is 11.8. The Labute approximate surface area is 373 Å². The third-order valence-corrected chi connectivity index (χ3v) is 14.0. The molecule has 0 amide bonds. The number of fused-ring (bicyclic) bond motifs is 9. The van der Waals surface area contributed by atoms with E-state index >= 15 is 0 Å². The van der Waals surface area contributed by atoms with Crippen LogP contribution < -0.4 is 4.90 Å². The van der Waals surface area contributed by atoms with Crippen molar-refractivity contribution in [3.63, 3.8) is 0 Å². The molecule has 0 saturated heterocycles. The molecule has 0 spiro atoms. The van der Waals surface area contributed by atoms with Crippen LogP contribution in [0.4, 0.5) is 17.1 Å². The number of para-hydroxylation sites is 4. The molecule has 0 aliphatic carbocycles. The van der Waals surface area contributed by atoms with Crippen molar-refractivity contribution in [2.24, 2.45) is 0 Å². The van der Waals surface area contributed by atoms with Crippen LogP contribution in [0, 0.1) is 0 Å². The Balaban J connectivity index is 0.924. The number of furan rings is 1. The predicted molar refractivity (Wildman–Crippen MR) is 272 cm³/mol. The molecule has 3 aromatic heterocycles. The van der Waals surface area contributed by atoms with Crippen LogP contribution in [0.3, 0.4) is 0 Å². The first kappa shape index (κ1) is 36.5. The second kappa shape index (κ2) is 14.7. The van der Waals surface area contributed by atoms with Gasteiger partial charge in [-0.15, -0.1) is 11.3 Å². The topological polar surface area (TPSA) is 21.3 Å². The van der Waals surface area contributed by atoms with E-state index in [2.05, 4.69) is 228 Å². The second-order valence-corrected chi connectivity index (χ2v) is 17.5. The SMILES string of the molecule is c1ccc(-n2c3ccccc3c3cc(-c4ccc(N(c5ccc(-c6cccc7c6sc6ccccc67)cc5)c5cccc(-c6cccc7c6oc6ccccc67)c5)cc4)ccc32)cc1. The van der Waals surface area contributed by atoms with E-state index in [-0.39, 0.29) is 0 Å². The zero-order chi connectivity index (χ0) is 42.1. The lowest BCUT2D eigenvalue weighted by molar-refractivity contribution is 0.670. The van der Waals surface area contributed by atoms with Gasteiger partial charge in [-0.1, -0.05) is 152 Å². The average Bonchev–Trinajstić information content (AvgIpc) is 4.05. The number of aromatic nitrogens is 1. The van der Waals surface area contributed by atoms with Crippen molar-refractivity contribution < 1.29 is 4.42 Å². The van der Waals surface area contributed by atoms with Crippen LogP contribution in [-0.4, -0.2) is 4.57 Å². The van der Waals surface area contributed by atoms with E-state index in [4.69, 9.17) is 4.42 Å². The Hall–Kier alpha value is -8.18. The largest absolute Gasteiger partial charge is 0.455 e. The summed E-state index contributed by atoms with van der Waals surface area (Å²) in [5, 5.41) is 7.36. The van der Waals surface area contributed by atoms with Crippen molar-refractivity contribution in [3.05, 3.63) is 231 Å². The molecule has 13 rings (SSSR count). The number of hydrogen-bond acceptors (Lipinski definition) is 3. The van der Waals surface area contributed by atoms with Gasteiger partial charge in [-0.25, -0.2) is 0 Å². The molecule has 0 saturated carbocycles. The maximum Gasteiger partial charge on any atom is 0.143 e. The number of thiophene rings is 1. The number of hydrogen-bond donors (Lipinski definition) is 0. The van der Waals surface area contributed by atoms with Crippen LogP contribution in [0.1, 0.15) is 0 Å². The quantitative estimate of drug-likeness (QED) is 0.159. The molecule has 0 fully saturated rings. The summed E-state index contributed by atoms with van der Waals surface area (Å²) in [4.78, 5) is 2.37. The minimum absolute atomic E-state index is 0.898. The first-order valence-electron chi connectivity index (χ1n) is 21.7. The highest BCUT2D eigenvalue weighted by Crippen LogP contribution is 2.44. The predicted octanol–water partition coefficient (Wildman–Crippen LogP) is 17.5. The first-order valence-corrected chi connectivity index (χ1v) is 22.6. The maximum atomic E-state index is 6.53. The van der Waals surface area contributed by atoms with E-state index in [1.165, 1.54) is 64.2 Å². The number of nitrogens with zero attached hydrogens (tertiary/aromatic N) is 2. The number of rotatable bonds is 7. The lowest BCUT2D eigenvalue weighted by Crippen LogP contribution is -2.10. The molecule has 0 bridgehead atoms. The number of benzene rings is 10. The monoisotopic (exact) mass is 834 g/mol. The van der Waals surface area contributed by atoms with Gasteiger partial charge in [0.25, 0.3) is 0 Å². The standard InChI is InChI=1S/C60H38N2OS/c1-2-14-43(15-3-1)62-55-24-7-4-17-49(55)54-38-41(31-36-56(54)62)39-27-32-44(33-28-39)61(45-34-29-40(30-35-45)48-21-12-23-53-51-19-6-9-26-58(51)64-60(48)53)46-16-10-13-42(37-46)47-20-11-22-52-50-18-5-8-25-57(50)63-59(47)52/h1-38H. The Kier molecular flexibility index (Phi) is 8.40. The van der Waals surface area contributed by atoms with Gasteiger partial charge in [0.05, 0.1) is 11.0 Å². The maximum absolute atomic E-state index is 6.53. The molecule has 13 aromatic rings. The molecule has 10 aromatic carbocycles. The van der Waals surface area contributed by atoms with E-state index in [9.17, 15) is 0 Å². The lowest BCUT2D eigenvalue weighted by atomic mass is 10.00. The zero-order valence-electron chi connectivity index (χ0n) is 34.7. The minimum atomic E-state index is 0.898. The molecule has 0 unspecified atom stereocenters. The summed E-state index contributed by atoms with van der Waals surface area (Å²) >= 11 is 1.87. The summed E-state index contributed by atoms with van der Waals surface area (Å²) in [6.07, 6.45) is 0. The third-order valence-electron chi connectivity index (χ3n) is 12.8. The average molecular weight is 835 g/mol. The Morgan fingerprint density at radius 3 is 1.81 bits per heavy atom. The van der Waals surface area contributed by atoms with Crippen molar-refractivity contribution in [1.82, 2.24) is 4.57 Å². The van der Waals surface area contributed by atoms with E-state index in [1.54, 1.807) is 0 Å². The van der Waals surface area contributed by atoms with Gasteiger partial charge < -0.3 is 13.9 Å². The van der Waals surface area contributed by atoms with Crippen molar-refractivity contribution in [1.29, 1.82) is 0 Å². The van der Waals surface area contributed by atoms with Gasteiger partial charge in [-0.2, -0.15) is 0 Å². The molecule has 0 N–H and O–H groups in total. The summed E-state index contributed by atoms with van der Waals surface area (Å²) in [5.74, 6) is 0. The molecule has 3 heterocycles. The van der Waals surface area contributed by atoms with E-state index in [1.807, 2.05) is 23.5 Å². The van der Waals surface area contributed by atoms with Crippen LogP contribution in [0.2, 0.25) is 0 Å². The smallest absolute Gasteiger partial charge is 0.143 e. The van der Waals surface area contributed by atoms with Gasteiger partial charge in [-0.3, -0.25) is 0 Å². The van der Waals surface area contributed by atoms with Crippen molar-refractivity contribution in [2.75, 3.05) is 4.90 Å². The van der Waals surface area contributed by atoms with Crippen LogP contribution in [0.5, 0.6) is 0 Å². The molecule has 0 radical (unpaired) electrons. The summed E-state index contributed by atoms with van der Waals surface area (Å²) in [6.45, 7) is 0. The molecule has 4 heteroatoms. The van der Waals surface area contributed by atoms with Gasteiger partial charge >= 0.3 is 0 Å². The van der Waals surface area contributed by atoms with Crippen molar-refractivity contribution >= 4 is 92.3 Å². The summed E-state index contributed by atoms with van der Waals surface area (Å²) in [6, 6.07) is 83.3. The molecule has 0 aliphatic rings. The summed E-state index contributed by atoms with van der Waals surface area (Å²) in [7, 11) is 0. The van der Waals surface area contributed by atoms with Gasteiger partial charge in [0.2, 0.25) is 0 Å². The molecule has 0 atom stereocenters. The second-order valence-electron chi connectivity index (χ2n) is 16.5. The summed E-state index contributed by atoms with van der Waals surface area (Å²) in [5.41, 5.74) is 15.6. The molecule has 300 valence electrons. The highest BCUT2D eigenvalue weighted by Gasteiger charge is 2.19. The van der Waals surface area contributed by atoms with Gasteiger partial charge in [-0.05, 0) is 107 Å². The highest BCUT2D eigenvalue weighted by atomic mass is 32.1. The van der Waals surface area contributed by atoms with E-state index in [0.29, 0.717) is 0 Å². The van der Waals surface area contributed by atoms with Crippen LogP contribution in [-0.2, 0) is 0 Å². The van der Waals surface area contributed by atoms with Crippen LogP contribution >= 0.6 is 11.3 Å². The van der Waals surface area contributed by atoms with E-state index < -0.39 is 0 Å². The fraction of sp³-hybridized carbons (Fsp3) is 0. The van der Waals surface area contributed by atoms with Gasteiger partial charge in [0.15, 0.2) is 0 Å². The molecule has 64 heavy (non-hydrogen) atoms. The van der Waals surface area contributed by atoms with Crippen LogP contribution in [0.25, 0.3) is 103 Å². The zero-order valence-corrected chi connectivity index (χ0v) is 35.5. The Morgan fingerprint density at radius 1 is 0.359 bits per heavy atom. The molecule has 0 aliphatic heterocycles. The van der Waals surface area contributed by atoms with E-state index in [0.717, 1.165) is 55.8 Å². The van der Waals surface area contributed by atoms with Crippen molar-refractivity contribution in [3.8, 4) is 39.1 Å². The first-order chi connectivity index (χ1) is 31.7. The van der Waals surface area contributed by atoms with Gasteiger partial charge in [0.1, 0.15) is 11.2 Å². The summed E-state index contributed by atoms with van der Waals surface area (Å²) < 4.78 is 11.5. The van der Waals surface area contributed by atoms with Gasteiger partial charge in [0, 0.05) is 70.0 Å². The minimum Gasteiger partial charge on any atom is -0.455 e. The van der Waals surface area contributed by atoms with Crippen molar-refractivity contribution in [2.45, 2.75) is 0 Å². The third kappa shape index (κ3) is 5.88. The molecule has 3 nitrogen and oxygen atoms in total. The van der Waals surface area contributed by atoms with Crippen LogP contribution in [0.15, 0.2) is 235 Å². The molecular formula is C60H38N2OS. The fourth-order valence-electron chi connectivity index (χ4n) is 9.81. The lowest BCUT2D eigenvalue weighted by Gasteiger charge is -2.26. The Morgan fingerprint density at radius 2 is 0.984 bits per heavy atom. The fourth-order valence-corrected chi connectivity index (χ4v) is 11.0. The molecular weight excluding hydrogens is 797 g/mol.